The van der Waals surface area contributed by atoms with E-state index < -0.39 is 10.0 Å². The lowest BCUT2D eigenvalue weighted by molar-refractivity contribution is 0.0789. The second-order valence-corrected chi connectivity index (χ2v) is 7.55. The number of nitrogens with zero attached hydrogens (tertiary/aromatic N) is 1. The molecule has 1 saturated heterocycles. The zero-order valence-electron chi connectivity index (χ0n) is 14.2. The average Bonchev–Trinajstić information content (AvgIpc) is 3.07. The number of sulfonamides is 1. The van der Waals surface area contributed by atoms with Crippen LogP contribution in [0.15, 0.2) is 23.1 Å². The maximum Gasteiger partial charge on any atom is 0.257 e. The van der Waals surface area contributed by atoms with E-state index in [4.69, 9.17) is 9.47 Å². The number of amides is 1. The van der Waals surface area contributed by atoms with Gasteiger partial charge in [0.15, 0.2) is 0 Å². The summed E-state index contributed by atoms with van der Waals surface area (Å²) in [5.41, 5.74) is 0.265. The van der Waals surface area contributed by atoms with Crippen molar-refractivity contribution in [2.75, 3.05) is 33.9 Å². The molecular formula is C16H24N2O5S. The highest BCUT2D eigenvalue weighted by Gasteiger charge is 2.25. The van der Waals surface area contributed by atoms with Crippen molar-refractivity contribution in [3.05, 3.63) is 23.8 Å². The minimum Gasteiger partial charge on any atom is -0.496 e. The molecule has 1 fully saturated rings. The molecule has 1 aromatic carbocycles. The van der Waals surface area contributed by atoms with Crippen molar-refractivity contribution in [3.63, 3.8) is 0 Å². The summed E-state index contributed by atoms with van der Waals surface area (Å²) in [6, 6.07) is 3.95. The summed E-state index contributed by atoms with van der Waals surface area (Å²) >= 11 is 0. The minimum absolute atomic E-state index is 0.0359. The Morgan fingerprint density at radius 2 is 1.96 bits per heavy atom. The number of nitrogens with one attached hydrogen (secondary N) is 1. The van der Waals surface area contributed by atoms with Crippen molar-refractivity contribution < 1.29 is 22.7 Å². The van der Waals surface area contributed by atoms with Crippen LogP contribution >= 0.6 is 0 Å². The van der Waals surface area contributed by atoms with Gasteiger partial charge in [-0.1, -0.05) is 0 Å². The van der Waals surface area contributed by atoms with Gasteiger partial charge in [-0.2, -0.15) is 0 Å². The zero-order valence-corrected chi connectivity index (χ0v) is 15.1. The lowest BCUT2D eigenvalue weighted by atomic mass is 10.1. The van der Waals surface area contributed by atoms with E-state index in [1.807, 2.05) is 0 Å². The summed E-state index contributed by atoms with van der Waals surface area (Å²) in [7, 11) is -0.776. The normalized spacial score (nSPS) is 16.2. The van der Waals surface area contributed by atoms with E-state index in [-0.39, 0.29) is 29.0 Å². The number of likely N-dealkylation sites (tertiary alicyclic amines) is 1. The number of methoxy groups -OCH3 is 2. The molecule has 0 spiro atoms. The first-order chi connectivity index (χ1) is 11.4. The average molecular weight is 356 g/mol. The van der Waals surface area contributed by atoms with Crippen LogP contribution in [0.2, 0.25) is 0 Å². The number of benzene rings is 1. The van der Waals surface area contributed by atoms with Crippen molar-refractivity contribution in [1.82, 2.24) is 9.62 Å². The largest absolute Gasteiger partial charge is 0.496 e. The van der Waals surface area contributed by atoms with Gasteiger partial charge >= 0.3 is 0 Å². The third kappa shape index (κ3) is 4.25. The smallest absolute Gasteiger partial charge is 0.257 e. The van der Waals surface area contributed by atoms with E-state index in [0.717, 1.165) is 12.8 Å². The maximum absolute atomic E-state index is 12.6. The number of hydrogen-bond donors (Lipinski definition) is 1. The number of rotatable bonds is 7. The van der Waals surface area contributed by atoms with Gasteiger partial charge in [0.2, 0.25) is 10.0 Å². The van der Waals surface area contributed by atoms with Crippen LogP contribution in [0.25, 0.3) is 0 Å². The van der Waals surface area contributed by atoms with Crippen LogP contribution < -0.4 is 9.46 Å². The van der Waals surface area contributed by atoms with E-state index in [1.54, 1.807) is 11.8 Å². The van der Waals surface area contributed by atoms with E-state index in [1.165, 1.54) is 32.4 Å². The molecule has 0 bridgehead atoms. The van der Waals surface area contributed by atoms with Crippen molar-refractivity contribution in [3.8, 4) is 5.75 Å². The molecule has 1 atom stereocenters. The lowest BCUT2D eigenvalue weighted by Gasteiger charge is -2.18. The Hall–Kier alpha value is -1.64. The first-order valence-corrected chi connectivity index (χ1v) is 9.36. The molecule has 134 valence electrons. The molecular weight excluding hydrogens is 332 g/mol. The molecule has 0 aliphatic carbocycles. The summed E-state index contributed by atoms with van der Waals surface area (Å²) in [4.78, 5) is 14.4. The van der Waals surface area contributed by atoms with Crippen LogP contribution in [0.1, 0.15) is 30.1 Å². The fourth-order valence-corrected chi connectivity index (χ4v) is 3.98. The topological polar surface area (TPSA) is 84.9 Å². The van der Waals surface area contributed by atoms with Gasteiger partial charge in [0.05, 0.1) is 24.2 Å². The Labute approximate surface area is 143 Å². The molecule has 0 unspecified atom stereocenters. The minimum atomic E-state index is -3.74. The fraction of sp³-hybridized carbons (Fsp3) is 0.562. The summed E-state index contributed by atoms with van der Waals surface area (Å²) in [5.74, 6) is 0.169. The predicted molar refractivity (Wildman–Crippen MR) is 89.8 cm³/mol. The van der Waals surface area contributed by atoms with Gasteiger partial charge < -0.3 is 14.4 Å². The zero-order chi connectivity index (χ0) is 17.7. The monoisotopic (exact) mass is 356 g/mol. The molecule has 1 aliphatic heterocycles. The number of carbonyl (C=O) groups is 1. The van der Waals surface area contributed by atoms with Crippen molar-refractivity contribution in [2.24, 2.45) is 0 Å². The molecule has 0 aromatic heterocycles. The van der Waals surface area contributed by atoms with Crippen LogP contribution in [-0.2, 0) is 14.8 Å². The van der Waals surface area contributed by atoms with Gasteiger partial charge in [0.1, 0.15) is 5.75 Å². The molecule has 2 rings (SSSR count). The van der Waals surface area contributed by atoms with Crippen LogP contribution in [0.5, 0.6) is 5.75 Å². The number of carbonyl (C=O) groups excluding carboxylic acids is 1. The second-order valence-electron chi connectivity index (χ2n) is 5.84. The molecule has 1 heterocycles. The Morgan fingerprint density at radius 3 is 2.54 bits per heavy atom. The molecule has 0 saturated carbocycles. The Balaban J connectivity index is 2.32. The highest BCUT2D eigenvalue weighted by atomic mass is 32.2. The predicted octanol–water partition coefficient (Wildman–Crippen LogP) is 1.24. The number of ether oxygens (including phenoxy) is 2. The molecule has 1 amide bonds. The lowest BCUT2D eigenvalue weighted by Crippen LogP contribution is -2.35. The van der Waals surface area contributed by atoms with Crippen molar-refractivity contribution >= 4 is 15.9 Å². The number of hydrogen-bond acceptors (Lipinski definition) is 5. The SMILES string of the molecule is COC[C@H](C)NS(=O)(=O)c1ccc(OC)c(C(=O)N2CCCC2)c1. The van der Waals surface area contributed by atoms with Gasteiger partial charge in [-0.3, -0.25) is 4.79 Å². The van der Waals surface area contributed by atoms with Gasteiger partial charge in [0.25, 0.3) is 5.91 Å². The van der Waals surface area contributed by atoms with Gasteiger partial charge in [-0.25, -0.2) is 13.1 Å². The first-order valence-electron chi connectivity index (χ1n) is 7.87. The van der Waals surface area contributed by atoms with E-state index in [0.29, 0.717) is 18.8 Å². The standard InChI is InChI=1S/C16H24N2O5S/c1-12(11-22-2)17-24(20,21)13-6-7-15(23-3)14(10-13)16(19)18-8-4-5-9-18/h6-7,10,12,17H,4-5,8-9,11H2,1-3H3/t12-/m0/s1. The van der Waals surface area contributed by atoms with Gasteiger partial charge in [0, 0.05) is 26.2 Å². The van der Waals surface area contributed by atoms with Gasteiger partial charge in [-0.15, -0.1) is 0 Å². The highest BCUT2D eigenvalue weighted by Crippen LogP contribution is 2.25. The Bertz CT molecular complexity index is 684. The molecule has 1 aromatic rings. The molecule has 1 N–H and O–H groups in total. The first kappa shape index (κ1) is 18.7. The molecule has 7 nitrogen and oxygen atoms in total. The highest BCUT2D eigenvalue weighted by molar-refractivity contribution is 7.89. The van der Waals surface area contributed by atoms with Gasteiger partial charge in [-0.05, 0) is 38.0 Å². The van der Waals surface area contributed by atoms with Crippen LogP contribution in [0.4, 0.5) is 0 Å². The third-order valence-electron chi connectivity index (χ3n) is 3.88. The third-order valence-corrected chi connectivity index (χ3v) is 5.47. The Kier molecular flexibility index (Phi) is 6.20. The van der Waals surface area contributed by atoms with E-state index >= 15 is 0 Å². The summed E-state index contributed by atoms with van der Waals surface area (Å²) < 4.78 is 37.7. The molecule has 0 radical (unpaired) electrons. The molecule has 8 heteroatoms. The molecule has 24 heavy (non-hydrogen) atoms. The summed E-state index contributed by atoms with van der Waals surface area (Å²) in [5, 5.41) is 0. The van der Waals surface area contributed by atoms with Crippen LogP contribution in [0.3, 0.4) is 0 Å². The second kappa shape index (κ2) is 7.96. The van der Waals surface area contributed by atoms with Crippen molar-refractivity contribution in [1.29, 1.82) is 0 Å². The van der Waals surface area contributed by atoms with Crippen LogP contribution in [0, 0.1) is 0 Å². The quantitative estimate of drug-likeness (QED) is 0.795. The van der Waals surface area contributed by atoms with Crippen LogP contribution in [-0.4, -0.2) is 59.2 Å². The van der Waals surface area contributed by atoms with E-state index in [9.17, 15) is 13.2 Å². The van der Waals surface area contributed by atoms with Crippen molar-refractivity contribution in [2.45, 2.75) is 30.7 Å². The molecule has 1 aliphatic rings. The van der Waals surface area contributed by atoms with E-state index in [2.05, 4.69) is 4.72 Å². The fourth-order valence-electron chi connectivity index (χ4n) is 2.73. The maximum atomic E-state index is 12.6. The summed E-state index contributed by atoms with van der Waals surface area (Å²) in [6.07, 6.45) is 1.92. The summed E-state index contributed by atoms with van der Waals surface area (Å²) in [6.45, 7) is 3.33. The Morgan fingerprint density at radius 1 is 1.29 bits per heavy atom.